The van der Waals surface area contributed by atoms with E-state index in [1.807, 2.05) is 44.2 Å². The minimum absolute atomic E-state index is 0.0452. The number of urea groups is 1. The van der Waals surface area contributed by atoms with Gasteiger partial charge in [0.25, 0.3) is 0 Å². The van der Waals surface area contributed by atoms with Gasteiger partial charge >= 0.3 is 12.0 Å². The molecule has 0 saturated heterocycles. The van der Waals surface area contributed by atoms with Crippen molar-refractivity contribution < 1.29 is 19.4 Å². The lowest BCUT2D eigenvalue weighted by Gasteiger charge is -2.37. The van der Waals surface area contributed by atoms with E-state index in [-0.39, 0.29) is 13.1 Å². The van der Waals surface area contributed by atoms with Gasteiger partial charge in [-0.05, 0) is 51.3 Å². The van der Waals surface area contributed by atoms with Crippen LogP contribution in [-0.2, 0) is 9.53 Å². The zero-order valence-electron chi connectivity index (χ0n) is 19.3. The Labute approximate surface area is 193 Å². The zero-order valence-corrected chi connectivity index (χ0v) is 20.1. The van der Waals surface area contributed by atoms with E-state index in [9.17, 15) is 14.7 Å². The van der Waals surface area contributed by atoms with Gasteiger partial charge in [-0.1, -0.05) is 43.5 Å². The number of hydrogen-bond donors (Lipinski definition) is 1. The molecule has 2 heterocycles. The zero-order chi connectivity index (χ0) is 23.8. The number of fused-ring (bicyclic) bond motifs is 1. The number of thiophene rings is 1. The van der Waals surface area contributed by atoms with E-state index >= 15 is 0 Å². The number of carbonyl (C=O) groups is 2. The third kappa shape index (κ3) is 4.79. The molecule has 0 radical (unpaired) electrons. The lowest BCUT2D eigenvalue weighted by Crippen LogP contribution is -2.49. The second-order valence-electron chi connectivity index (χ2n) is 8.96. The molecule has 32 heavy (non-hydrogen) atoms. The van der Waals surface area contributed by atoms with Gasteiger partial charge in [0, 0.05) is 16.1 Å². The number of allylic oxidation sites excluding steroid dienone is 1. The molecule has 1 aliphatic rings. The van der Waals surface area contributed by atoms with Crippen molar-refractivity contribution in [3.05, 3.63) is 65.1 Å². The van der Waals surface area contributed by atoms with E-state index in [0.717, 1.165) is 21.6 Å². The molecule has 3 rings (SSSR count). The number of hydrogen-bond acceptors (Lipinski definition) is 5. The van der Waals surface area contributed by atoms with Crippen molar-refractivity contribution in [2.75, 3.05) is 18.0 Å². The first-order valence-corrected chi connectivity index (χ1v) is 11.2. The summed E-state index contributed by atoms with van der Waals surface area (Å²) >= 11 is 1.44. The molecule has 0 spiro atoms. The molecule has 6 nitrogen and oxygen atoms in total. The third-order valence-electron chi connectivity index (χ3n) is 5.08. The van der Waals surface area contributed by atoms with E-state index in [0.29, 0.717) is 16.3 Å². The highest BCUT2D eigenvalue weighted by Crippen LogP contribution is 2.46. The van der Waals surface area contributed by atoms with Crippen molar-refractivity contribution in [2.45, 2.75) is 46.3 Å². The highest BCUT2D eigenvalue weighted by atomic mass is 32.1. The van der Waals surface area contributed by atoms with Gasteiger partial charge in [0.2, 0.25) is 0 Å². The van der Waals surface area contributed by atoms with E-state index in [4.69, 9.17) is 4.74 Å². The Morgan fingerprint density at radius 2 is 1.84 bits per heavy atom. The molecule has 0 bridgehead atoms. The average Bonchev–Trinajstić information content (AvgIpc) is 3.05. The lowest BCUT2D eigenvalue weighted by molar-refractivity contribution is -0.154. The first-order valence-electron chi connectivity index (χ1n) is 10.4. The van der Waals surface area contributed by atoms with E-state index in [1.54, 1.807) is 20.8 Å². The number of ether oxygens (including phenoxy) is 1. The number of β-amino-alcohol motifs (C(OH)–C–C–N with tert-alkyl or cyclic N) is 1. The van der Waals surface area contributed by atoms with Crippen LogP contribution >= 0.6 is 11.3 Å². The van der Waals surface area contributed by atoms with Crippen molar-refractivity contribution in [1.82, 2.24) is 4.90 Å². The molecule has 2 aromatic rings. The summed E-state index contributed by atoms with van der Waals surface area (Å²) in [5.74, 6) is -0.521. The molecule has 1 aromatic heterocycles. The number of aliphatic hydroxyl groups is 1. The van der Waals surface area contributed by atoms with Crippen molar-refractivity contribution in [3.8, 4) is 0 Å². The largest absolute Gasteiger partial charge is 0.459 e. The topological polar surface area (TPSA) is 70.1 Å². The monoisotopic (exact) mass is 454 g/mol. The van der Waals surface area contributed by atoms with Gasteiger partial charge < -0.3 is 9.84 Å². The van der Waals surface area contributed by atoms with Crippen LogP contribution in [0.1, 0.15) is 55.4 Å². The summed E-state index contributed by atoms with van der Waals surface area (Å²) in [5.41, 5.74) is 3.10. The maximum Gasteiger partial charge on any atom is 0.330 e. The molecule has 1 atom stereocenters. The van der Waals surface area contributed by atoms with Gasteiger partial charge in [0.05, 0.1) is 12.6 Å². The molecule has 170 valence electrons. The number of nitrogens with zero attached hydrogens (tertiary/aromatic N) is 2. The van der Waals surface area contributed by atoms with Crippen LogP contribution in [-0.4, -0.2) is 40.7 Å². The fraction of sp³-hybridized carbons (Fsp3) is 0.360. The maximum atomic E-state index is 13.5. The number of aliphatic hydroxyl groups excluding tert-OH is 1. The Morgan fingerprint density at radius 3 is 2.41 bits per heavy atom. The Kier molecular flexibility index (Phi) is 6.62. The molecular formula is C25H30N2O4S. The third-order valence-corrected chi connectivity index (χ3v) is 6.56. The molecular weight excluding hydrogens is 424 g/mol. The molecule has 1 N–H and O–H groups in total. The van der Waals surface area contributed by atoms with Gasteiger partial charge in [-0.2, -0.15) is 0 Å². The predicted octanol–water partition coefficient (Wildman–Crippen LogP) is 5.38. The summed E-state index contributed by atoms with van der Waals surface area (Å²) in [6.45, 7) is 17.2. The van der Waals surface area contributed by atoms with E-state index < -0.39 is 23.7 Å². The maximum absolute atomic E-state index is 13.5. The number of anilines is 1. The molecule has 0 fully saturated rings. The fourth-order valence-corrected chi connectivity index (χ4v) is 4.96. The van der Waals surface area contributed by atoms with Gasteiger partial charge in [-0.25, -0.2) is 4.79 Å². The molecule has 0 saturated carbocycles. The summed E-state index contributed by atoms with van der Waals surface area (Å²) in [7, 11) is 0. The van der Waals surface area contributed by atoms with Crippen LogP contribution in [0.4, 0.5) is 9.80 Å². The predicted molar refractivity (Wildman–Crippen MR) is 129 cm³/mol. The van der Waals surface area contributed by atoms with Crippen molar-refractivity contribution in [3.63, 3.8) is 0 Å². The highest BCUT2D eigenvalue weighted by molar-refractivity contribution is 7.18. The SMILES string of the molecule is C=C(C)c1sc2c(c1C)C(=C)N(CC(=O)OC(C)(C)C)C(=O)N2CC(O)c1ccccc1. The van der Waals surface area contributed by atoms with Crippen molar-refractivity contribution in [2.24, 2.45) is 0 Å². The minimum atomic E-state index is -0.890. The minimum Gasteiger partial charge on any atom is -0.459 e. The Morgan fingerprint density at radius 1 is 1.22 bits per heavy atom. The summed E-state index contributed by atoms with van der Waals surface area (Å²) in [6, 6.07) is 8.76. The van der Waals surface area contributed by atoms with Crippen molar-refractivity contribution in [1.29, 1.82) is 0 Å². The summed E-state index contributed by atoms with van der Waals surface area (Å²) < 4.78 is 5.43. The highest BCUT2D eigenvalue weighted by Gasteiger charge is 2.39. The molecule has 1 aromatic carbocycles. The summed E-state index contributed by atoms with van der Waals surface area (Å²) in [6.07, 6.45) is -0.890. The van der Waals surface area contributed by atoms with E-state index in [2.05, 4.69) is 13.2 Å². The normalized spacial score (nSPS) is 14.9. The average molecular weight is 455 g/mol. The number of amides is 2. The van der Waals surface area contributed by atoms with Crippen LogP contribution in [0.25, 0.3) is 11.3 Å². The van der Waals surface area contributed by atoms with E-state index in [1.165, 1.54) is 21.1 Å². The lowest BCUT2D eigenvalue weighted by atomic mass is 10.0. The van der Waals surface area contributed by atoms with Crippen molar-refractivity contribution >= 4 is 39.6 Å². The Bertz CT molecular complexity index is 1070. The quantitative estimate of drug-likeness (QED) is 0.595. The summed E-state index contributed by atoms with van der Waals surface area (Å²) in [4.78, 5) is 29.9. The van der Waals surface area contributed by atoms with Gasteiger partial charge in [-0.15, -0.1) is 11.3 Å². The van der Waals surface area contributed by atoms with Crippen LogP contribution in [0.2, 0.25) is 0 Å². The second kappa shape index (κ2) is 8.92. The van der Waals surface area contributed by atoms with Crippen LogP contribution in [0, 0.1) is 6.92 Å². The fourth-order valence-electron chi connectivity index (χ4n) is 3.70. The van der Waals surface area contributed by atoms with Crippen LogP contribution < -0.4 is 4.90 Å². The molecule has 1 aliphatic heterocycles. The molecule has 2 amide bonds. The Hall–Kier alpha value is -2.90. The summed E-state index contributed by atoms with van der Waals surface area (Å²) in [5, 5.41) is 11.5. The standard InChI is InChI=1S/C25H30N2O4S/c1-15(2)22-16(3)21-17(4)26(14-20(29)31-25(5,6)7)24(30)27(23(21)32-22)13-19(28)18-11-9-8-10-12-18/h8-12,19,28H,1,4,13-14H2,2-3,5-7H3. The van der Waals surface area contributed by atoms with Gasteiger partial charge in [0.15, 0.2) is 0 Å². The first-order chi connectivity index (χ1) is 14.9. The van der Waals surface area contributed by atoms with Gasteiger partial charge in [-0.3, -0.25) is 14.6 Å². The molecule has 7 heteroatoms. The van der Waals surface area contributed by atoms with Crippen LogP contribution in [0.3, 0.4) is 0 Å². The molecule has 1 unspecified atom stereocenters. The van der Waals surface area contributed by atoms with Gasteiger partial charge in [0.1, 0.15) is 17.1 Å². The number of esters is 1. The number of carbonyl (C=O) groups excluding carboxylic acids is 2. The molecule has 0 aliphatic carbocycles. The van der Waals surface area contributed by atoms with Crippen LogP contribution in [0.15, 0.2) is 43.5 Å². The Balaban J connectivity index is 2.01. The van der Waals surface area contributed by atoms with Crippen LogP contribution in [0.5, 0.6) is 0 Å². The first kappa shape index (κ1) is 23.8. The smallest absolute Gasteiger partial charge is 0.330 e. The second-order valence-corrected chi connectivity index (χ2v) is 9.95. The number of benzene rings is 1. The number of rotatable bonds is 6.